The van der Waals surface area contributed by atoms with Crippen molar-refractivity contribution >= 4 is 0 Å². The molecule has 7 nitrogen and oxygen atoms in total. The van der Waals surface area contributed by atoms with Crippen LogP contribution < -0.4 is 4.74 Å². The molecule has 1 saturated heterocycles. The number of ether oxygens (including phenoxy) is 2. The Morgan fingerprint density at radius 3 is 2.96 bits per heavy atom. The van der Waals surface area contributed by atoms with Gasteiger partial charge in [0.05, 0.1) is 24.8 Å². The van der Waals surface area contributed by atoms with Crippen molar-refractivity contribution in [3.63, 3.8) is 0 Å². The molecule has 2 aromatic rings. The zero-order valence-electron chi connectivity index (χ0n) is 14.4. The second-order valence-corrected chi connectivity index (χ2v) is 5.99. The molecule has 0 aliphatic carbocycles. The van der Waals surface area contributed by atoms with E-state index >= 15 is 0 Å². The van der Waals surface area contributed by atoms with E-state index in [1.165, 1.54) is 0 Å². The molecule has 0 saturated carbocycles. The number of aromatic nitrogens is 3. The van der Waals surface area contributed by atoms with Gasteiger partial charge in [0.25, 0.3) is 0 Å². The van der Waals surface area contributed by atoms with Gasteiger partial charge < -0.3 is 9.47 Å². The Labute approximate surface area is 147 Å². The van der Waals surface area contributed by atoms with E-state index in [1.54, 1.807) is 12.1 Å². The molecule has 0 amide bonds. The summed E-state index contributed by atoms with van der Waals surface area (Å²) >= 11 is 0. The molecule has 7 heteroatoms. The Bertz CT molecular complexity index is 707. The standard InChI is InChI=1S/C18H23N5O2/c1-2-17-20-18(22-21-17)16-13-23(9-11-25-16)8-3-10-24-15-6-4-14(12-19)5-7-15/h4-7,16H,2-3,8-11,13H2,1H3,(H,20,21,22). The van der Waals surface area contributed by atoms with Gasteiger partial charge in [-0.05, 0) is 30.7 Å². The van der Waals surface area contributed by atoms with Crippen LogP contribution in [0.4, 0.5) is 0 Å². The van der Waals surface area contributed by atoms with Crippen LogP contribution in [0.1, 0.15) is 36.7 Å². The van der Waals surface area contributed by atoms with Crippen LogP contribution >= 0.6 is 0 Å². The second-order valence-electron chi connectivity index (χ2n) is 5.99. The highest BCUT2D eigenvalue weighted by Crippen LogP contribution is 2.19. The van der Waals surface area contributed by atoms with Crippen molar-refractivity contribution in [2.75, 3.05) is 32.8 Å². The number of aryl methyl sites for hydroxylation is 1. The quantitative estimate of drug-likeness (QED) is 0.776. The highest BCUT2D eigenvalue weighted by atomic mass is 16.5. The molecule has 1 aliphatic heterocycles. The van der Waals surface area contributed by atoms with Crippen LogP contribution in [0, 0.1) is 11.3 Å². The van der Waals surface area contributed by atoms with Crippen molar-refractivity contribution in [3.05, 3.63) is 41.5 Å². The Morgan fingerprint density at radius 1 is 1.40 bits per heavy atom. The first-order valence-electron chi connectivity index (χ1n) is 8.66. The lowest BCUT2D eigenvalue weighted by Crippen LogP contribution is -2.39. The van der Waals surface area contributed by atoms with Gasteiger partial charge in [0.2, 0.25) is 0 Å². The summed E-state index contributed by atoms with van der Waals surface area (Å²) in [7, 11) is 0. The van der Waals surface area contributed by atoms with E-state index in [-0.39, 0.29) is 6.10 Å². The Morgan fingerprint density at radius 2 is 2.24 bits per heavy atom. The number of nitrogens with zero attached hydrogens (tertiary/aromatic N) is 4. The molecule has 0 bridgehead atoms. The van der Waals surface area contributed by atoms with E-state index in [1.807, 2.05) is 19.1 Å². The molecule has 1 aromatic carbocycles. The molecular formula is C18H23N5O2. The minimum atomic E-state index is -0.0651. The highest BCUT2D eigenvalue weighted by molar-refractivity contribution is 5.34. The van der Waals surface area contributed by atoms with E-state index in [4.69, 9.17) is 14.7 Å². The topological polar surface area (TPSA) is 87.1 Å². The maximum atomic E-state index is 8.79. The van der Waals surface area contributed by atoms with E-state index in [2.05, 4.69) is 26.2 Å². The molecule has 1 aliphatic rings. The lowest BCUT2D eigenvalue weighted by atomic mass is 10.2. The zero-order valence-corrected chi connectivity index (χ0v) is 14.4. The van der Waals surface area contributed by atoms with E-state index in [0.717, 1.165) is 49.9 Å². The molecule has 2 heterocycles. The molecule has 0 radical (unpaired) electrons. The smallest absolute Gasteiger partial charge is 0.180 e. The number of nitriles is 1. The van der Waals surface area contributed by atoms with Gasteiger partial charge in [-0.3, -0.25) is 10.00 Å². The maximum absolute atomic E-state index is 8.79. The van der Waals surface area contributed by atoms with Crippen LogP contribution in [-0.2, 0) is 11.2 Å². The van der Waals surface area contributed by atoms with Gasteiger partial charge in [0, 0.05) is 26.1 Å². The van der Waals surface area contributed by atoms with Crippen molar-refractivity contribution in [2.24, 2.45) is 0 Å². The van der Waals surface area contributed by atoms with E-state index < -0.39 is 0 Å². The third-order valence-electron chi connectivity index (χ3n) is 4.19. The van der Waals surface area contributed by atoms with Crippen LogP contribution in [0.5, 0.6) is 5.75 Å². The molecule has 1 N–H and O–H groups in total. The molecule has 1 atom stereocenters. The number of rotatable bonds is 7. The minimum Gasteiger partial charge on any atom is -0.494 e. The Kier molecular flexibility index (Phi) is 5.99. The third-order valence-corrected chi connectivity index (χ3v) is 4.19. The predicted molar refractivity (Wildman–Crippen MR) is 92.2 cm³/mol. The van der Waals surface area contributed by atoms with Crippen LogP contribution in [0.2, 0.25) is 0 Å². The van der Waals surface area contributed by atoms with Gasteiger partial charge in [0.15, 0.2) is 5.82 Å². The summed E-state index contributed by atoms with van der Waals surface area (Å²) in [5.74, 6) is 2.44. The fourth-order valence-corrected chi connectivity index (χ4v) is 2.78. The average Bonchev–Trinajstić information content (AvgIpc) is 3.15. The monoisotopic (exact) mass is 341 g/mol. The van der Waals surface area contributed by atoms with E-state index in [0.29, 0.717) is 18.8 Å². The second kappa shape index (κ2) is 8.60. The van der Waals surface area contributed by atoms with Gasteiger partial charge >= 0.3 is 0 Å². The maximum Gasteiger partial charge on any atom is 0.180 e. The van der Waals surface area contributed by atoms with Crippen LogP contribution in [0.3, 0.4) is 0 Å². The first kappa shape index (κ1) is 17.4. The van der Waals surface area contributed by atoms with Crippen molar-refractivity contribution < 1.29 is 9.47 Å². The first-order chi connectivity index (χ1) is 12.3. The lowest BCUT2D eigenvalue weighted by Gasteiger charge is -2.31. The van der Waals surface area contributed by atoms with Crippen molar-refractivity contribution in [2.45, 2.75) is 25.9 Å². The SMILES string of the molecule is CCc1nc(C2CN(CCCOc3ccc(C#N)cc3)CCO2)n[nH]1. The number of nitrogens with one attached hydrogen (secondary N) is 1. The van der Waals surface area contributed by atoms with Gasteiger partial charge in [-0.25, -0.2) is 4.98 Å². The minimum absolute atomic E-state index is 0.0651. The van der Waals surface area contributed by atoms with Gasteiger partial charge in [-0.15, -0.1) is 0 Å². The Hall–Kier alpha value is -2.43. The molecule has 1 aromatic heterocycles. The van der Waals surface area contributed by atoms with Crippen molar-refractivity contribution in [1.82, 2.24) is 20.1 Å². The van der Waals surface area contributed by atoms with Crippen molar-refractivity contribution in [1.29, 1.82) is 5.26 Å². The van der Waals surface area contributed by atoms with Crippen LogP contribution in [-0.4, -0.2) is 52.9 Å². The first-order valence-corrected chi connectivity index (χ1v) is 8.66. The molecule has 3 rings (SSSR count). The summed E-state index contributed by atoms with van der Waals surface area (Å²) < 4.78 is 11.5. The average molecular weight is 341 g/mol. The molecular weight excluding hydrogens is 318 g/mol. The summed E-state index contributed by atoms with van der Waals surface area (Å²) in [5.41, 5.74) is 0.643. The number of aromatic amines is 1. The zero-order chi connectivity index (χ0) is 17.5. The molecule has 0 spiro atoms. The Balaban J connectivity index is 1.41. The largest absolute Gasteiger partial charge is 0.494 e. The number of benzene rings is 1. The van der Waals surface area contributed by atoms with Gasteiger partial charge in [0.1, 0.15) is 17.7 Å². The summed E-state index contributed by atoms with van der Waals surface area (Å²) in [6.45, 7) is 6.05. The number of H-pyrrole nitrogens is 1. The number of morpholine rings is 1. The molecule has 132 valence electrons. The number of hydrogen-bond acceptors (Lipinski definition) is 6. The lowest BCUT2D eigenvalue weighted by molar-refractivity contribution is -0.0351. The highest BCUT2D eigenvalue weighted by Gasteiger charge is 2.24. The number of hydrogen-bond donors (Lipinski definition) is 1. The van der Waals surface area contributed by atoms with E-state index in [9.17, 15) is 0 Å². The fraction of sp³-hybridized carbons (Fsp3) is 0.500. The summed E-state index contributed by atoms with van der Waals surface area (Å²) in [6, 6.07) is 9.30. The van der Waals surface area contributed by atoms with Crippen LogP contribution in [0.15, 0.2) is 24.3 Å². The van der Waals surface area contributed by atoms with Gasteiger partial charge in [-0.2, -0.15) is 10.4 Å². The molecule has 1 unspecified atom stereocenters. The van der Waals surface area contributed by atoms with Crippen LogP contribution in [0.25, 0.3) is 0 Å². The van der Waals surface area contributed by atoms with Gasteiger partial charge in [-0.1, -0.05) is 6.92 Å². The summed E-state index contributed by atoms with van der Waals surface area (Å²) in [5, 5.41) is 16.0. The van der Waals surface area contributed by atoms with Crippen molar-refractivity contribution in [3.8, 4) is 11.8 Å². The summed E-state index contributed by atoms with van der Waals surface area (Å²) in [4.78, 5) is 6.83. The molecule has 1 fully saturated rings. The normalized spacial score (nSPS) is 18.0. The predicted octanol–water partition coefficient (Wildman–Crippen LogP) is 2.08. The fourth-order valence-electron chi connectivity index (χ4n) is 2.78. The molecule has 25 heavy (non-hydrogen) atoms. The third kappa shape index (κ3) is 4.78. The summed E-state index contributed by atoms with van der Waals surface area (Å²) in [6.07, 6.45) is 1.71.